The van der Waals surface area contributed by atoms with E-state index >= 15 is 0 Å². The van der Waals surface area contributed by atoms with Gasteiger partial charge in [-0.3, -0.25) is 0 Å². The Balaban J connectivity index is 2.21. The molecule has 0 aliphatic heterocycles. The van der Waals surface area contributed by atoms with Gasteiger partial charge in [-0.2, -0.15) is 0 Å². The lowest BCUT2D eigenvalue weighted by molar-refractivity contribution is -0.0382. The first kappa shape index (κ1) is 13.0. The van der Waals surface area contributed by atoms with Gasteiger partial charge in [0.05, 0.1) is 3.79 Å². The summed E-state index contributed by atoms with van der Waals surface area (Å²) >= 11 is 4.39. The smallest absolute Gasteiger partial charge is 0.346 e. The maximum atomic E-state index is 13.0. The monoisotopic (exact) mass is 324 g/mol. The Labute approximate surface area is 110 Å². The number of halogens is 3. The highest BCUT2D eigenvalue weighted by Crippen LogP contribution is 2.44. The molecule has 1 heterocycles. The Morgan fingerprint density at radius 3 is 2.59 bits per heavy atom. The molecule has 94 valence electrons. The van der Waals surface area contributed by atoms with E-state index in [2.05, 4.69) is 15.9 Å². The molecule has 1 aliphatic rings. The van der Waals surface area contributed by atoms with Crippen LogP contribution in [0.15, 0.2) is 9.85 Å². The number of rotatable bonds is 2. The first-order chi connectivity index (χ1) is 7.89. The third-order valence-electron chi connectivity index (χ3n) is 3.08. The lowest BCUT2D eigenvalue weighted by Crippen LogP contribution is -2.24. The fraction of sp³-hybridized carbons (Fsp3) is 0.545. The van der Waals surface area contributed by atoms with Gasteiger partial charge in [-0.15, -0.1) is 11.3 Å². The second-order valence-corrected chi connectivity index (χ2v) is 6.70. The quantitative estimate of drug-likeness (QED) is 0.869. The largest absolute Gasteiger partial charge is 0.477 e. The van der Waals surface area contributed by atoms with Crippen molar-refractivity contribution in [3.8, 4) is 0 Å². The standard InChI is InChI=1S/C11H11BrF2O2S/c12-8-5-7(9(17-8)10(15)16)6-1-3-11(13,14)4-2-6/h5-6H,1-4H2,(H,15,16). The molecule has 0 spiro atoms. The van der Waals surface area contributed by atoms with Crippen LogP contribution >= 0.6 is 27.3 Å². The van der Waals surface area contributed by atoms with E-state index in [9.17, 15) is 13.6 Å². The molecular formula is C11H11BrF2O2S. The highest BCUT2D eigenvalue weighted by atomic mass is 79.9. The summed E-state index contributed by atoms with van der Waals surface area (Å²) in [7, 11) is 0. The van der Waals surface area contributed by atoms with Gasteiger partial charge in [-0.1, -0.05) is 0 Å². The molecule has 0 amide bonds. The number of carboxylic acids is 1. The number of carboxylic acid groups (broad SMARTS) is 1. The first-order valence-electron chi connectivity index (χ1n) is 5.29. The summed E-state index contributed by atoms with van der Waals surface area (Å²) in [5, 5.41) is 9.05. The summed E-state index contributed by atoms with van der Waals surface area (Å²) in [6, 6.07) is 1.75. The first-order valence-corrected chi connectivity index (χ1v) is 6.90. The molecule has 0 atom stereocenters. The Hall–Kier alpha value is -0.490. The maximum Gasteiger partial charge on any atom is 0.346 e. The SMILES string of the molecule is O=C(O)c1sc(Br)cc1C1CCC(F)(F)CC1. The highest BCUT2D eigenvalue weighted by Gasteiger charge is 2.36. The summed E-state index contributed by atoms with van der Waals surface area (Å²) in [6.07, 6.45) is 0.418. The molecule has 1 aliphatic carbocycles. The van der Waals surface area contributed by atoms with Gasteiger partial charge >= 0.3 is 5.97 Å². The highest BCUT2D eigenvalue weighted by molar-refractivity contribution is 9.11. The predicted molar refractivity (Wildman–Crippen MR) is 65.1 cm³/mol. The van der Waals surface area contributed by atoms with Crippen molar-refractivity contribution in [3.63, 3.8) is 0 Å². The Morgan fingerprint density at radius 2 is 2.06 bits per heavy atom. The van der Waals surface area contributed by atoms with Crippen molar-refractivity contribution in [1.29, 1.82) is 0 Å². The third kappa shape index (κ3) is 2.85. The predicted octanol–water partition coefficient (Wildman–Crippen LogP) is 4.50. The molecule has 1 N–H and O–H groups in total. The van der Waals surface area contributed by atoms with Gasteiger partial charge < -0.3 is 5.11 Å². The third-order valence-corrected chi connectivity index (χ3v) is 4.72. The van der Waals surface area contributed by atoms with Crippen LogP contribution in [0.5, 0.6) is 0 Å². The molecule has 6 heteroatoms. The Bertz CT molecular complexity index is 435. The van der Waals surface area contributed by atoms with Crippen molar-refractivity contribution in [2.45, 2.75) is 37.5 Å². The molecule has 1 aromatic heterocycles. The summed E-state index contributed by atoms with van der Waals surface area (Å²) in [4.78, 5) is 11.3. The average molecular weight is 325 g/mol. The van der Waals surface area contributed by atoms with Crippen LogP contribution in [0, 0.1) is 0 Å². The lowest BCUT2D eigenvalue weighted by atomic mass is 9.82. The van der Waals surface area contributed by atoms with Crippen LogP contribution in [-0.4, -0.2) is 17.0 Å². The van der Waals surface area contributed by atoms with Crippen LogP contribution in [0.3, 0.4) is 0 Å². The molecule has 0 saturated heterocycles. The topological polar surface area (TPSA) is 37.3 Å². The summed E-state index contributed by atoms with van der Waals surface area (Å²) < 4.78 is 26.8. The van der Waals surface area contributed by atoms with Gasteiger partial charge in [0.2, 0.25) is 5.92 Å². The van der Waals surface area contributed by atoms with E-state index in [1.807, 2.05) is 0 Å². The maximum absolute atomic E-state index is 13.0. The zero-order valence-electron chi connectivity index (χ0n) is 8.88. The van der Waals surface area contributed by atoms with Crippen molar-refractivity contribution in [2.24, 2.45) is 0 Å². The van der Waals surface area contributed by atoms with Gasteiger partial charge in [-0.05, 0) is 46.3 Å². The van der Waals surface area contributed by atoms with E-state index in [-0.39, 0.29) is 23.6 Å². The number of carbonyl (C=O) groups is 1. The van der Waals surface area contributed by atoms with Crippen LogP contribution in [-0.2, 0) is 0 Å². The van der Waals surface area contributed by atoms with E-state index in [0.29, 0.717) is 18.4 Å². The molecular weight excluding hydrogens is 314 g/mol. The molecule has 0 unspecified atom stereocenters. The zero-order chi connectivity index (χ0) is 12.6. The van der Waals surface area contributed by atoms with Gasteiger partial charge in [0.1, 0.15) is 4.88 Å². The molecule has 1 aromatic rings. The zero-order valence-corrected chi connectivity index (χ0v) is 11.3. The molecule has 0 bridgehead atoms. The number of thiophene rings is 1. The van der Waals surface area contributed by atoms with E-state index in [0.717, 1.165) is 15.1 Å². The molecule has 0 aromatic carbocycles. The van der Waals surface area contributed by atoms with Crippen LogP contribution in [0.25, 0.3) is 0 Å². The van der Waals surface area contributed by atoms with E-state index in [1.165, 1.54) is 0 Å². The summed E-state index contributed by atoms with van der Waals surface area (Å²) in [5.74, 6) is -3.61. The van der Waals surface area contributed by atoms with Crippen molar-refractivity contribution in [1.82, 2.24) is 0 Å². The fourth-order valence-electron chi connectivity index (χ4n) is 2.20. The summed E-state index contributed by atoms with van der Waals surface area (Å²) in [5.41, 5.74) is 0.699. The Kier molecular flexibility index (Phi) is 3.54. The molecule has 1 saturated carbocycles. The van der Waals surface area contributed by atoms with Crippen molar-refractivity contribution in [2.75, 3.05) is 0 Å². The van der Waals surface area contributed by atoms with Gasteiger partial charge in [-0.25, -0.2) is 13.6 Å². The fourth-order valence-corrected chi connectivity index (χ4v) is 3.74. The van der Waals surface area contributed by atoms with Crippen LogP contribution < -0.4 is 0 Å². The van der Waals surface area contributed by atoms with Crippen LogP contribution in [0.1, 0.15) is 46.8 Å². The lowest BCUT2D eigenvalue weighted by Gasteiger charge is -2.28. The van der Waals surface area contributed by atoms with Crippen molar-refractivity contribution >= 4 is 33.2 Å². The second-order valence-electron chi connectivity index (χ2n) is 4.27. The molecule has 0 radical (unpaired) electrons. The molecule has 1 fully saturated rings. The normalized spacial score (nSPS) is 20.4. The second kappa shape index (κ2) is 4.65. The molecule has 17 heavy (non-hydrogen) atoms. The number of alkyl halides is 2. The number of hydrogen-bond acceptors (Lipinski definition) is 2. The summed E-state index contributed by atoms with van der Waals surface area (Å²) in [6.45, 7) is 0. The minimum Gasteiger partial charge on any atom is -0.477 e. The van der Waals surface area contributed by atoms with Crippen LogP contribution in [0.2, 0.25) is 0 Å². The van der Waals surface area contributed by atoms with E-state index in [4.69, 9.17) is 5.11 Å². The average Bonchev–Trinajstić information content (AvgIpc) is 2.60. The van der Waals surface area contributed by atoms with Gasteiger partial charge in [0.25, 0.3) is 0 Å². The minimum atomic E-state index is -2.58. The molecule has 2 nitrogen and oxygen atoms in total. The minimum absolute atomic E-state index is 0.0525. The van der Waals surface area contributed by atoms with E-state index in [1.54, 1.807) is 6.07 Å². The van der Waals surface area contributed by atoms with Crippen molar-refractivity contribution < 1.29 is 18.7 Å². The van der Waals surface area contributed by atoms with Crippen molar-refractivity contribution in [3.05, 3.63) is 20.3 Å². The molecule has 2 rings (SSSR count). The van der Waals surface area contributed by atoms with E-state index < -0.39 is 11.9 Å². The Morgan fingerprint density at radius 1 is 1.47 bits per heavy atom. The van der Waals surface area contributed by atoms with Gasteiger partial charge in [0.15, 0.2) is 0 Å². The number of aromatic carboxylic acids is 1. The van der Waals surface area contributed by atoms with Gasteiger partial charge in [0, 0.05) is 12.8 Å². The van der Waals surface area contributed by atoms with Crippen LogP contribution in [0.4, 0.5) is 8.78 Å². The number of hydrogen-bond donors (Lipinski definition) is 1.